The quantitative estimate of drug-likeness (QED) is 0.639. The number of nitrogens with zero attached hydrogens (tertiary/aromatic N) is 1. The Morgan fingerprint density at radius 2 is 1.95 bits per heavy atom. The normalized spacial score (nSPS) is 19.5. The van der Waals surface area contributed by atoms with Crippen LogP contribution in [-0.4, -0.2) is 30.2 Å². The summed E-state index contributed by atoms with van der Waals surface area (Å²) < 4.78 is 5.86. The minimum absolute atomic E-state index is 0.0564. The summed E-state index contributed by atoms with van der Waals surface area (Å²) in [6, 6.07) is 0. The maximum atomic E-state index is 12.0. The monoisotopic (exact) mass is 307 g/mol. The van der Waals surface area contributed by atoms with Crippen LogP contribution in [0.3, 0.4) is 0 Å². The highest BCUT2D eigenvalue weighted by atomic mass is 16.5. The van der Waals surface area contributed by atoms with E-state index in [0.29, 0.717) is 13.0 Å². The van der Waals surface area contributed by atoms with Gasteiger partial charge in [0.1, 0.15) is 6.23 Å². The molecule has 1 heterocycles. The van der Waals surface area contributed by atoms with Crippen LogP contribution in [-0.2, 0) is 9.53 Å². The number of hydrogen-bond donors (Lipinski definition) is 0. The fraction of sp³-hybridized carbons (Fsp3) is 0.737. The summed E-state index contributed by atoms with van der Waals surface area (Å²) >= 11 is 0. The Kier molecular flexibility index (Phi) is 7.34. The minimum Gasteiger partial charge on any atom is -0.356 e. The highest BCUT2D eigenvalue weighted by Crippen LogP contribution is 2.34. The van der Waals surface area contributed by atoms with E-state index in [9.17, 15) is 4.79 Å². The van der Waals surface area contributed by atoms with E-state index in [1.54, 1.807) is 0 Å². The average molecular weight is 307 g/mol. The van der Waals surface area contributed by atoms with Gasteiger partial charge in [-0.1, -0.05) is 44.1 Å². The Morgan fingerprint density at radius 1 is 1.27 bits per heavy atom. The van der Waals surface area contributed by atoms with Gasteiger partial charge in [-0.25, -0.2) is 0 Å². The molecule has 0 aromatic carbocycles. The topological polar surface area (TPSA) is 29.5 Å². The fourth-order valence-electron chi connectivity index (χ4n) is 2.80. The third-order valence-electron chi connectivity index (χ3n) is 4.25. The third kappa shape index (κ3) is 5.60. The smallest absolute Gasteiger partial charge is 0.224 e. The van der Waals surface area contributed by atoms with Crippen molar-refractivity contribution in [3.05, 3.63) is 23.3 Å². The fourth-order valence-corrected chi connectivity index (χ4v) is 2.80. The lowest BCUT2D eigenvalue weighted by atomic mass is 9.85. The lowest BCUT2D eigenvalue weighted by Gasteiger charge is -2.36. The van der Waals surface area contributed by atoms with Crippen molar-refractivity contribution in [2.75, 3.05) is 13.2 Å². The molecular formula is C19H33NO2. The van der Waals surface area contributed by atoms with Gasteiger partial charge in [0.15, 0.2) is 0 Å². The maximum Gasteiger partial charge on any atom is 0.224 e. The second-order valence-electron chi connectivity index (χ2n) is 7.23. The molecule has 1 fully saturated rings. The van der Waals surface area contributed by atoms with Crippen molar-refractivity contribution < 1.29 is 9.53 Å². The van der Waals surface area contributed by atoms with Crippen LogP contribution >= 0.6 is 0 Å². The van der Waals surface area contributed by atoms with E-state index in [1.165, 1.54) is 11.1 Å². The minimum atomic E-state index is -0.0956. The standard InChI is InChI=1S/C19H33NO2/c1-7-17(21)20-13-14-22-18(20)19(5,6)12-11-16(4)10-8-9-15(2)3/h9,11,18H,7-8,10,12-14H2,1-6H3. The molecule has 1 rings (SSSR count). The van der Waals surface area contributed by atoms with Crippen LogP contribution in [0.15, 0.2) is 23.3 Å². The van der Waals surface area contributed by atoms with Crippen LogP contribution in [0.1, 0.15) is 67.2 Å². The molecule has 0 aromatic heterocycles. The summed E-state index contributed by atoms with van der Waals surface area (Å²) in [7, 11) is 0. The Hall–Kier alpha value is -1.09. The number of rotatable bonds is 7. The first-order valence-corrected chi connectivity index (χ1v) is 8.48. The van der Waals surface area contributed by atoms with Gasteiger partial charge in [-0.2, -0.15) is 0 Å². The van der Waals surface area contributed by atoms with E-state index in [4.69, 9.17) is 4.74 Å². The van der Waals surface area contributed by atoms with Gasteiger partial charge < -0.3 is 9.64 Å². The van der Waals surface area contributed by atoms with Crippen molar-refractivity contribution >= 4 is 5.91 Å². The molecule has 0 aromatic rings. The Labute approximate surface area is 136 Å². The Bertz CT molecular complexity index is 431. The molecule has 0 spiro atoms. The molecule has 1 atom stereocenters. The number of ether oxygens (including phenoxy) is 1. The van der Waals surface area contributed by atoms with Crippen molar-refractivity contribution in [1.29, 1.82) is 0 Å². The molecule has 0 saturated carbocycles. The summed E-state index contributed by atoms with van der Waals surface area (Å²) in [6.45, 7) is 14.2. The number of allylic oxidation sites excluding steroid dienone is 4. The summed E-state index contributed by atoms with van der Waals surface area (Å²) in [5.41, 5.74) is 2.73. The predicted molar refractivity (Wildman–Crippen MR) is 92.6 cm³/mol. The van der Waals surface area contributed by atoms with Crippen LogP contribution in [0.2, 0.25) is 0 Å². The van der Waals surface area contributed by atoms with E-state index < -0.39 is 0 Å². The van der Waals surface area contributed by atoms with Gasteiger partial charge in [0.05, 0.1) is 6.61 Å². The molecule has 3 heteroatoms. The van der Waals surface area contributed by atoms with Crippen LogP contribution in [0.5, 0.6) is 0 Å². The average Bonchev–Trinajstić information content (AvgIpc) is 2.94. The van der Waals surface area contributed by atoms with Gasteiger partial charge in [-0.3, -0.25) is 4.79 Å². The number of carbonyl (C=O) groups excluding carboxylic acids is 1. The number of carbonyl (C=O) groups is 1. The second-order valence-corrected chi connectivity index (χ2v) is 7.23. The molecule has 126 valence electrons. The first-order chi connectivity index (χ1) is 10.3. The molecule has 0 radical (unpaired) electrons. The largest absolute Gasteiger partial charge is 0.356 e. The van der Waals surface area contributed by atoms with Crippen molar-refractivity contribution in [2.24, 2.45) is 5.41 Å². The van der Waals surface area contributed by atoms with Crippen LogP contribution < -0.4 is 0 Å². The predicted octanol–water partition coefficient (Wildman–Crippen LogP) is 4.69. The molecule has 1 amide bonds. The van der Waals surface area contributed by atoms with Crippen molar-refractivity contribution in [3.63, 3.8) is 0 Å². The zero-order chi connectivity index (χ0) is 16.8. The van der Waals surface area contributed by atoms with E-state index in [0.717, 1.165) is 25.8 Å². The van der Waals surface area contributed by atoms with Crippen LogP contribution in [0.4, 0.5) is 0 Å². The van der Waals surface area contributed by atoms with Gasteiger partial charge in [0.25, 0.3) is 0 Å². The van der Waals surface area contributed by atoms with Gasteiger partial charge >= 0.3 is 0 Å². The van der Waals surface area contributed by atoms with Crippen molar-refractivity contribution in [3.8, 4) is 0 Å². The van der Waals surface area contributed by atoms with Crippen molar-refractivity contribution in [1.82, 2.24) is 4.90 Å². The summed E-state index contributed by atoms with van der Waals surface area (Å²) in [4.78, 5) is 13.9. The second kappa shape index (κ2) is 8.52. The molecule has 3 nitrogen and oxygen atoms in total. The zero-order valence-electron chi connectivity index (χ0n) is 15.2. The number of amides is 1. The van der Waals surface area contributed by atoms with Gasteiger partial charge in [-0.05, 0) is 40.0 Å². The van der Waals surface area contributed by atoms with E-state index in [-0.39, 0.29) is 17.6 Å². The van der Waals surface area contributed by atoms with E-state index in [2.05, 4.69) is 46.8 Å². The molecule has 1 aliphatic heterocycles. The van der Waals surface area contributed by atoms with Crippen molar-refractivity contribution in [2.45, 2.75) is 73.5 Å². The van der Waals surface area contributed by atoms with Gasteiger partial charge in [-0.15, -0.1) is 0 Å². The first kappa shape index (κ1) is 19.0. The van der Waals surface area contributed by atoms with E-state index >= 15 is 0 Å². The molecule has 0 aliphatic carbocycles. The highest BCUT2D eigenvalue weighted by molar-refractivity contribution is 5.76. The van der Waals surface area contributed by atoms with Crippen LogP contribution in [0, 0.1) is 5.41 Å². The molecular weight excluding hydrogens is 274 g/mol. The van der Waals surface area contributed by atoms with Gasteiger partial charge in [0.2, 0.25) is 5.91 Å². The Morgan fingerprint density at radius 3 is 2.55 bits per heavy atom. The Balaban J connectivity index is 2.62. The molecule has 0 bridgehead atoms. The summed E-state index contributed by atoms with van der Waals surface area (Å²) in [6.07, 6.45) is 8.19. The first-order valence-electron chi connectivity index (χ1n) is 8.48. The molecule has 0 N–H and O–H groups in total. The molecule has 1 unspecified atom stereocenters. The van der Waals surface area contributed by atoms with Crippen LogP contribution in [0.25, 0.3) is 0 Å². The lowest BCUT2D eigenvalue weighted by molar-refractivity contribution is -0.142. The molecule has 22 heavy (non-hydrogen) atoms. The molecule has 1 aliphatic rings. The molecule has 1 saturated heterocycles. The maximum absolute atomic E-state index is 12.0. The summed E-state index contributed by atoms with van der Waals surface area (Å²) in [5.74, 6) is 0.194. The van der Waals surface area contributed by atoms with Gasteiger partial charge in [0, 0.05) is 18.4 Å². The van der Waals surface area contributed by atoms with E-state index in [1.807, 2.05) is 11.8 Å². The SMILES string of the molecule is CCC(=O)N1CCOC1C(C)(C)CC=C(C)CCC=C(C)C. The highest BCUT2D eigenvalue weighted by Gasteiger charge is 2.39. The third-order valence-corrected chi connectivity index (χ3v) is 4.25. The summed E-state index contributed by atoms with van der Waals surface area (Å²) in [5, 5.41) is 0. The number of hydrogen-bond acceptors (Lipinski definition) is 2. The lowest BCUT2D eigenvalue weighted by Crippen LogP contribution is -2.44. The zero-order valence-corrected chi connectivity index (χ0v) is 15.2.